The highest BCUT2D eigenvalue weighted by Crippen LogP contribution is 2.31. The van der Waals surface area contributed by atoms with Crippen LogP contribution in [0.3, 0.4) is 0 Å². The number of nitrogens with one attached hydrogen (secondary N) is 3. The average Bonchev–Trinajstić information content (AvgIpc) is 2.97. The third-order valence-corrected chi connectivity index (χ3v) is 5.42. The highest BCUT2D eigenvalue weighted by molar-refractivity contribution is 8.00. The van der Waals surface area contributed by atoms with Crippen LogP contribution in [0, 0.1) is 0 Å². The Balaban J connectivity index is 2.26. The molecular formula is C13H22N6S. The molecule has 2 heterocycles. The largest absolute Gasteiger partial charge is 0.368 e. The molecule has 0 spiro atoms. The van der Waals surface area contributed by atoms with E-state index in [1.54, 1.807) is 6.20 Å². The Morgan fingerprint density at radius 1 is 1.30 bits per heavy atom. The Hall–Kier alpha value is -1.50. The number of rotatable bonds is 7. The molecule has 0 aliphatic carbocycles. The first kappa shape index (κ1) is 14.9. The van der Waals surface area contributed by atoms with Crippen molar-refractivity contribution in [3.63, 3.8) is 0 Å². The van der Waals surface area contributed by atoms with Crippen molar-refractivity contribution in [1.29, 1.82) is 0 Å². The first-order valence-corrected chi connectivity index (χ1v) is 8.08. The summed E-state index contributed by atoms with van der Waals surface area (Å²) in [6, 6.07) is 0. The molecule has 0 saturated heterocycles. The predicted octanol–water partition coefficient (Wildman–Crippen LogP) is 2.73. The van der Waals surface area contributed by atoms with E-state index in [9.17, 15) is 0 Å². The number of aromatic nitrogens is 4. The minimum atomic E-state index is 0.237. The standard InChI is InChI=1S/C13H22N6S/c1-5-13(6-2,20-4)8-15-10-9-7-16-19-11(9)18-12(14-3)17-10/h7H,5-6,8H2,1-4H3,(H3,14,15,16,17,18,19). The zero-order valence-electron chi connectivity index (χ0n) is 12.4. The molecule has 0 aliphatic rings. The maximum absolute atomic E-state index is 4.49. The molecule has 3 N–H and O–H groups in total. The summed E-state index contributed by atoms with van der Waals surface area (Å²) in [4.78, 5) is 8.83. The maximum atomic E-state index is 4.49. The second-order valence-electron chi connectivity index (χ2n) is 4.73. The SMILES string of the molecule is CCC(CC)(CNc1nc(NC)nc2[nH]ncc12)SC. The predicted molar refractivity (Wildman–Crippen MR) is 86.5 cm³/mol. The fraction of sp³-hybridized carbons (Fsp3) is 0.615. The molecule has 2 aromatic rings. The highest BCUT2D eigenvalue weighted by atomic mass is 32.2. The van der Waals surface area contributed by atoms with Crippen LogP contribution in [0.15, 0.2) is 6.20 Å². The van der Waals surface area contributed by atoms with Gasteiger partial charge < -0.3 is 10.6 Å². The summed E-state index contributed by atoms with van der Waals surface area (Å²) >= 11 is 1.91. The number of hydrogen-bond donors (Lipinski definition) is 3. The third-order valence-electron chi connectivity index (χ3n) is 3.83. The van der Waals surface area contributed by atoms with Gasteiger partial charge in [0, 0.05) is 18.3 Å². The lowest BCUT2D eigenvalue weighted by atomic mass is 10.0. The van der Waals surface area contributed by atoms with E-state index in [0.29, 0.717) is 5.95 Å². The zero-order chi connectivity index (χ0) is 14.6. The van der Waals surface area contributed by atoms with E-state index in [0.717, 1.165) is 36.2 Å². The molecule has 0 fully saturated rings. The fourth-order valence-electron chi connectivity index (χ4n) is 2.19. The first-order chi connectivity index (χ1) is 9.68. The molecule has 2 rings (SSSR count). The second-order valence-corrected chi connectivity index (χ2v) is 6.00. The molecule has 7 heteroatoms. The first-order valence-electron chi connectivity index (χ1n) is 6.86. The van der Waals surface area contributed by atoms with Gasteiger partial charge in [0.1, 0.15) is 5.82 Å². The average molecular weight is 294 g/mol. The minimum Gasteiger partial charge on any atom is -0.368 e. The van der Waals surface area contributed by atoms with Crippen molar-refractivity contribution in [2.45, 2.75) is 31.4 Å². The van der Waals surface area contributed by atoms with Crippen LogP contribution in [-0.4, -0.2) is 44.8 Å². The number of hydrogen-bond acceptors (Lipinski definition) is 6. The number of H-pyrrole nitrogens is 1. The van der Waals surface area contributed by atoms with Crippen LogP contribution in [0.1, 0.15) is 26.7 Å². The number of nitrogens with zero attached hydrogens (tertiary/aromatic N) is 3. The van der Waals surface area contributed by atoms with Crippen LogP contribution >= 0.6 is 11.8 Å². The van der Waals surface area contributed by atoms with Gasteiger partial charge in [0.25, 0.3) is 0 Å². The summed E-state index contributed by atoms with van der Waals surface area (Å²) in [6.45, 7) is 5.34. The summed E-state index contributed by atoms with van der Waals surface area (Å²) in [6.07, 6.45) is 6.17. The van der Waals surface area contributed by atoms with E-state index in [1.165, 1.54) is 0 Å². The van der Waals surface area contributed by atoms with Crippen LogP contribution < -0.4 is 10.6 Å². The number of thioether (sulfide) groups is 1. The smallest absolute Gasteiger partial charge is 0.226 e. The van der Waals surface area contributed by atoms with Crippen LogP contribution in [0.4, 0.5) is 11.8 Å². The molecule has 0 amide bonds. The second kappa shape index (κ2) is 6.30. The van der Waals surface area contributed by atoms with Gasteiger partial charge in [0.2, 0.25) is 5.95 Å². The van der Waals surface area contributed by atoms with E-state index in [-0.39, 0.29) is 4.75 Å². The van der Waals surface area contributed by atoms with Crippen molar-refractivity contribution < 1.29 is 0 Å². The van der Waals surface area contributed by atoms with Crippen molar-refractivity contribution in [3.8, 4) is 0 Å². The molecule has 0 aliphatic heterocycles. The minimum absolute atomic E-state index is 0.237. The van der Waals surface area contributed by atoms with Crippen LogP contribution in [-0.2, 0) is 0 Å². The number of fused-ring (bicyclic) bond motifs is 1. The lowest BCUT2D eigenvalue weighted by molar-refractivity contribution is 0.574. The van der Waals surface area contributed by atoms with Crippen LogP contribution in [0.25, 0.3) is 11.0 Å². The fourth-order valence-corrected chi connectivity index (χ4v) is 2.98. The van der Waals surface area contributed by atoms with Crippen molar-refractivity contribution in [2.75, 3.05) is 30.5 Å². The van der Waals surface area contributed by atoms with Crippen LogP contribution in [0.5, 0.6) is 0 Å². The van der Waals surface area contributed by atoms with Crippen molar-refractivity contribution in [1.82, 2.24) is 20.2 Å². The van der Waals surface area contributed by atoms with E-state index >= 15 is 0 Å². The molecule has 2 aromatic heterocycles. The molecule has 6 nitrogen and oxygen atoms in total. The van der Waals surface area contributed by atoms with Gasteiger partial charge in [-0.15, -0.1) is 0 Å². The van der Waals surface area contributed by atoms with Gasteiger partial charge in [-0.1, -0.05) is 13.8 Å². The number of aromatic amines is 1. The molecule has 0 atom stereocenters. The number of anilines is 2. The van der Waals surface area contributed by atoms with Gasteiger partial charge in [-0.25, -0.2) is 0 Å². The van der Waals surface area contributed by atoms with Gasteiger partial charge in [-0.2, -0.15) is 26.8 Å². The van der Waals surface area contributed by atoms with Gasteiger partial charge in [-0.05, 0) is 19.1 Å². The van der Waals surface area contributed by atoms with Crippen LogP contribution in [0.2, 0.25) is 0 Å². The van der Waals surface area contributed by atoms with Gasteiger partial charge >= 0.3 is 0 Å². The lowest BCUT2D eigenvalue weighted by Gasteiger charge is -2.30. The molecule has 0 radical (unpaired) electrons. The van der Waals surface area contributed by atoms with Crippen molar-refractivity contribution >= 4 is 34.6 Å². The van der Waals surface area contributed by atoms with Gasteiger partial charge in [-0.3, -0.25) is 5.10 Å². The normalized spacial score (nSPS) is 11.8. The topological polar surface area (TPSA) is 78.5 Å². The summed E-state index contributed by atoms with van der Waals surface area (Å²) in [5.41, 5.74) is 0.745. The van der Waals surface area contributed by atoms with Gasteiger partial charge in [0.15, 0.2) is 5.65 Å². The molecule has 20 heavy (non-hydrogen) atoms. The highest BCUT2D eigenvalue weighted by Gasteiger charge is 2.25. The molecule has 0 aromatic carbocycles. The summed E-state index contributed by atoms with van der Waals surface area (Å²) in [7, 11) is 1.81. The Morgan fingerprint density at radius 3 is 2.65 bits per heavy atom. The third kappa shape index (κ3) is 2.82. The summed E-state index contributed by atoms with van der Waals surface area (Å²) in [5, 5.41) is 14.3. The molecule has 0 unspecified atom stereocenters. The Kier molecular flexibility index (Phi) is 4.69. The monoisotopic (exact) mass is 294 g/mol. The summed E-state index contributed by atoms with van der Waals surface area (Å²) in [5.74, 6) is 1.42. The molecular weight excluding hydrogens is 272 g/mol. The van der Waals surface area contributed by atoms with Crippen molar-refractivity contribution in [2.24, 2.45) is 0 Å². The van der Waals surface area contributed by atoms with Gasteiger partial charge in [0.05, 0.1) is 11.6 Å². The lowest BCUT2D eigenvalue weighted by Crippen LogP contribution is -2.32. The van der Waals surface area contributed by atoms with E-state index < -0.39 is 0 Å². The van der Waals surface area contributed by atoms with Crippen molar-refractivity contribution in [3.05, 3.63) is 6.20 Å². The Bertz CT molecular complexity index is 555. The quantitative estimate of drug-likeness (QED) is 0.729. The van der Waals surface area contributed by atoms with E-state index in [1.807, 2.05) is 18.8 Å². The zero-order valence-corrected chi connectivity index (χ0v) is 13.3. The van der Waals surface area contributed by atoms with E-state index in [2.05, 4.69) is 50.9 Å². The maximum Gasteiger partial charge on any atom is 0.226 e. The molecule has 0 bridgehead atoms. The molecule has 110 valence electrons. The summed E-state index contributed by atoms with van der Waals surface area (Å²) < 4.78 is 0.237. The molecule has 0 saturated carbocycles. The van der Waals surface area contributed by atoms with E-state index in [4.69, 9.17) is 0 Å². The Morgan fingerprint density at radius 2 is 2.05 bits per heavy atom. The Labute approximate surface area is 123 Å².